The minimum absolute atomic E-state index is 0.168. The van der Waals surface area contributed by atoms with Gasteiger partial charge in [-0.2, -0.15) is 0 Å². The molecular formula is C27H28FN5O2S2. The number of carbonyl (C=O) groups excluding carboxylic acids is 1. The molecule has 2 aromatic heterocycles. The molecule has 1 amide bonds. The van der Waals surface area contributed by atoms with Crippen LogP contribution in [0.5, 0.6) is 0 Å². The maximum atomic E-state index is 14.3. The number of halogens is 1. The fourth-order valence-corrected chi connectivity index (χ4v) is 5.96. The Balaban J connectivity index is 1.48. The van der Waals surface area contributed by atoms with Crippen LogP contribution in [0.3, 0.4) is 0 Å². The number of nitrogens with zero attached hydrogens (tertiary/aromatic N) is 5. The van der Waals surface area contributed by atoms with Crippen molar-refractivity contribution in [3.63, 3.8) is 0 Å². The lowest BCUT2D eigenvalue weighted by Crippen LogP contribution is -2.47. The van der Waals surface area contributed by atoms with Gasteiger partial charge in [-0.25, -0.2) is 9.37 Å². The highest BCUT2D eigenvalue weighted by atomic mass is 32.2. The third-order valence-electron chi connectivity index (χ3n) is 6.66. The zero-order valence-corrected chi connectivity index (χ0v) is 22.2. The van der Waals surface area contributed by atoms with Crippen LogP contribution in [-0.2, 0) is 4.79 Å². The van der Waals surface area contributed by atoms with Crippen LogP contribution in [0.2, 0.25) is 0 Å². The summed E-state index contributed by atoms with van der Waals surface area (Å²) in [4.78, 5) is 37.7. The third kappa shape index (κ3) is 5.13. The van der Waals surface area contributed by atoms with E-state index in [9.17, 15) is 14.0 Å². The van der Waals surface area contributed by atoms with E-state index in [2.05, 4.69) is 6.92 Å². The maximum Gasteiger partial charge on any atom is 0.267 e. The summed E-state index contributed by atoms with van der Waals surface area (Å²) in [5.41, 5.74) is 1.22. The van der Waals surface area contributed by atoms with Crippen molar-refractivity contribution >= 4 is 57.4 Å². The monoisotopic (exact) mass is 537 g/mol. The summed E-state index contributed by atoms with van der Waals surface area (Å²) in [5, 5.41) is 0. The predicted molar refractivity (Wildman–Crippen MR) is 152 cm³/mol. The first-order chi connectivity index (χ1) is 18.0. The molecule has 0 aliphatic carbocycles. The number of para-hydroxylation sites is 1. The maximum absolute atomic E-state index is 14.3. The number of pyridine rings is 1. The largest absolute Gasteiger partial charge is 0.366 e. The van der Waals surface area contributed by atoms with E-state index in [1.165, 1.54) is 22.2 Å². The van der Waals surface area contributed by atoms with Crippen molar-refractivity contribution in [1.29, 1.82) is 0 Å². The Labute approximate surface area is 224 Å². The Bertz CT molecular complexity index is 1430. The number of piperazine rings is 1. The molecule has 2 aliphatic rings. The molecule has 7 nitrogen and oxygen atoms in total. The SMILES string of the molecule is CCCCCN1C(=O)C(=Cc2c(N3CCN(c4ccccc4F)CC3)nc3ccccn3c2=O)SC1=S. The van der Waals surface area contributed by atoms with Crippen LogP contribution < -0.4 is 15.4 Å². The Morgan fingerprint density at radius 2 is 1.76 bits per heavy atom. The first-order valence-electron chi connectivity index (χ1n) is 12.5. The fraction of sp³-hybridized carbons (Fsp3) is 0.333. The molecule has 2 fully saturated rings. The number of anilines is 2. The minimum atomic E-state index is -0.250. The van der Waals surface area contributed by atoms with E-state index in [1.807, 2.05) is 21.9 Å². The average molecular weight is 538 g/mol. The van der Waals surface area contributed by atoms with Crippen LogP contribution >= 0.6 is 24.0 Å². The van der Waals surface area contributed by atoms with Gasteiger partial charge in [-0.05, 0) is 36.8 Å². The number of carbonyl (C=O) groups is 1. The summed E-state index contributed by atoms with van der Waals surface area (Å²) in [6.45, 7) is 4.97. The summed E-state index contributed by atoms with van der Waals surface area (Å²) in [5.74, 6) is 0.110. The quantitative estimate of drug-likeness (QED) is 0.249. The molecule has 1 aromatic carbocycles. The van der Waals surface area contributed by atoms with Gasteiger partial charge in [0.2, 0.25) is 0 Å². The van der Waals surface area contributed by atoms with Gasteiger partial charge in [0.25, 0.3) is 11.5 Å². The van der Waals surface area contributed by atoms with Crippen molar-refractivity contribution in [3.8, 4) is 0 Å². The highest BCUT2D eigenvalue weighted by molar-refractivity contribution is 8.26. The molecule has 2 saturated heterocycles. The number of fused-ring (bicyclic) bond motifs is 1. The Kier molecular flexibility index (Phi) is 7.57. The van der Waals surface area contributed by atoms with E-state index in [1.54, 1.807) is 41.4 Å². The van der Waals surface area contributed by atoms with Gasteiger partial charge in [-0.1, -0.05) is 61.9 Å². The van der Waals surface area contributed by atoms with E-state index in [4.69, 9.17) is 17.2 Å². The lowest BCUT2D eigenvalue weighted by atomic mass is 10.2. The van der Waals surface area contributed by atoms with Gasteiger partial charge in [-0.15, -0.1) is 0 Å². The lowest BCUT2D eigenvalue weighted by Gasteiger charge is -2.37. The molecule has 0 radical (unpaired) electrons. The molecular weight excluding hydrogens is 509 g/mol. The number of amides is 1. The summed E-state index contributed by atoms with van der Waals surface area (Å²) in [6, 6.07) is 12.2. The molecule has 0 unspecified atom stereocenters. The van der Waals surface area contributed by atoms with Crippen LogP contribution in [-0.4, -0.2) is 57.2 Å². The molecule has 0 atom stereocenters. The Morgan fingerprint density at radius 3 is 2.51 bits per heavy atom. The van der Waals surface area contributed by atoms with Crippen LogP contribution in [0.1, 0.15) is 31.7 Å². The molecule has 192 valence electrons. The third-order valence-corrected chi connectivity index (χ3v) is 8.03. The highest BCUT2D eigenvalue weighted by Gasteiger charge is 2.33. The van der Waals surface area contributed by atoms with E-state index in [0.717, 1.165) is 19.3 Å². The van der Waals surface area contributed by atoms with E-state index in [-0.39, 0.29) is 17.3 Å². The van der Waals surface area contributed by atoms with Crippen LogP contribution in [0, 0.1) is 5.82 Å². The number of rotatable bonds is 7. The average Bonchev–Trinajstić information content (AvgIpc) is 3.18. The van der Waals surface area contributed by atoms with Gasteiger partial charge in [-0.3, -0.25) is 18.9 Å². The second-order valence-electron chi connectivity index (χ2n) is 9.05. The second-order valence-corrected chi connectivity index (χ2v) is 10.7. The van der Waals surface area contributed by atoms with E-state index in [0.29, 0.717) is 64.7 Å². The number of aromatic nitrogens is 2. The molecule has 3 aromatic rings. The molecule has 0 N–H and O–H groups in total. The highest BCUT2D eigenvalue weighted by Crippen LogP contribution is 2.34. The standard InChI is InChI=1S/C27H28FN5O2S2/c1-2-3-7-13-33-26(35)22(37-27(33)36)18-19-24(29-23-11-6-8-12-32(23)25(19)34)31-16-14-30(15-17-31)21-10-5-4-9-20(21)28/h4-6,8-12,18H,2-3,7,13-17H2,1H3. The first-order valence-corrected chi connectivity index (χ1v) is 13.7. The minimum Gasteiger partial charge on any atom is -0.366 e. The van der Waals surface area contributed by atoms with Gasteiger partial charge in [0, 0.05) is 38.9 Å². The smallest absolute Gasteiger partial charge is 0.267 e. The molecule has 4 heterocycles. The van der Waals surface area contributed by atoms with Crippen LogP contribution in [0.15, 0.2) is 58.4 Å². The van der Waals surface area contributed by atoms with Gasteiger partial charge in [0.1, 0.15) is 21.6 Å². The summed E-state index contributed by atoms with van der Waals surface area (Å²) in [6.07, 6.45) is 6.28. The first kappa shape index (κ1) is 25.4. The predicted octanol–water partition coefficient (Wildman–Crippen LogP) is 4.55. The zero-order valence-electron chi connectivity index (χ0n) is 20.6. The van der Waals surface area contributed by atoms with Gasteiger partial charge >= 0.3 is 0 Å². The normalized spacial score (nSPS) is 17.5. The van der Waals surface area contributed by atoms with Crippen molar-refractivity contribution in [1.82, 2.24) is 14.3 Å². The fourth-order valence-electron chi connectivity index (χ4n) is 4.67. The summed E-state index contributed by atoms with van der Waals surface area (Å²) >= 11 is 6.71. The number of hydrogen-bond acceptors (Lipinski definition) is 7. The Morgan fingerprint density at radius 1 is 1.03 bits per heavy atom. The van der Waals surface area contributed by atoms with Crippen LogP contribution in [0.25, 0.3) is 11.7 Å². The molecule has 2 aliphatic heterocycles. The second kappa shape index (κ2) is 11.0. The van der Waals surface area contributed by atoms with Crippen molar-refractivity contribution in [3.05, 3.63) is 75.3 Å². The number of hydrogen-bond donors (Lipinski definition) is 0. The van der Waals surface area contributed by atoms with Crippen molar-refractivity contribution in [2.24, 2.45) is 0 Å². The zero-order chi connectivity index (χ0) is 25.9. The number of thioether (sulfide) groups is 1. The van der Waals surface area contributed by atoms with Gasteiger partial charge in [0.05, 0.1) is 16.2 Å². The molecule has 0 saturated carbocycles. The summed E-state index contributed by atoms with van der Waals surface area (Å²) in [7, 11) is 0. The van der Waals surface area contributed by atoms with Gasteiger partial charge in [0.15, 0.2) is 0 Å². The molecule has 5 rings (SSSR count). The van der Waals surface area contributed by atoms with E-state index < -0.39 is 0 Å². The number of benzene rings is 1. The van der Waals surface area contributed by atoms with Crippen molar-refractivity contribution in [2.45, 2.75) is 26.2 Å². The molecule has 10 heteroatoms. The number of thiocarbonyl (C=S) groups is 1. The van der Waals surface area contributed by atoms with Crippen molar-refractivity contribution in [2.75, 3.05) is 42.5 Å². The van der Waals surface area contributed by atoms with E-state index >= 15 is 0 Å². The lowest BCUT2D eigenvalue weighted by molar-refractivity contribution is -0.122. The van der Waals surface area contributed by atoms with Crippen molar-refractivity contribution < 1.29 is 9.18 Å². The number of unbranched alkanes of at least 4 members (excludes halogenated alkanes) is 2. The molecule has 0 spiro atoms. The topological polar surface area (TPSA) is 61.2 Å². The Hall–Kier alpha value is -3.24. The summed E-state index contributed by atoms with van der Waals surface area (Å²) < 4.78 is 16.4. The molecule has 0 bridgehead atoms. The van der Waals surface area contributed by atoms with Crippen LogP contribution in [0.4, 0.5) is 15.9 Å². The molecule has 37 heavy (non-hydrogen) atoms. The van der Waals surface area contributed by atoms with Gasteiger partial charge < -0.3 is 9.80 Å².